The molecule has 1 saturated heterocycles. The number of allylic oxidation sites excluding steroid dienone is 1. The number of fused-ring (bicyclic) bond motifs is 2. The van der Waals surface area contributed by atoms with Crippen LogP contribution in [0.5, 0.6) is 0 Å². The highest BCUT2D eigenvalue weighted by Crippen LogP contribution is 2.42. The van der Waals surface area contributed by atoms with Gasteiger partial charge in [-0.3, -0.25) is 9.69 Å². The fourth-order valence-electron chi connectivity index (χ4n) is 4.68. The zero-order valence-electron chi connectivity index (χ0n) is 17.3. The van der Waals surface area contributed by atoms with Crippen molar-refractivity contribution in [3.63, 3.8) is 0 Å². The SMILES string of the molecule is N=C/C(=C\O)N1Cc2cnc(NCC3CC3)nc2C2(CCN(Cc3cc[nH]c3)C2)C1=O. The molecule has 1 saturated carbocycles. The summed E-state index contributed by atoms with van der Waals surface area (Å²) < 4.78 is 0. The number of anilines is 1. The Hall–Kier alpha value is -3.20. The number of aliphatic hydroxyl groups is 1. The fraction of sp³-hybridized carbons (Fsp3) is 0.455. The first-order valence-electron chi connectivity index (χ1n) is 10.7. The lowest BCUT2D eigenvalue weighted by Crippen LogP contribution is -2.52. The number of H-pyrrole nitrogens is 1. The van der Waals surface area contributed by atoms with E-state index in [1.807, 2.05) is 18.5 Å². The van der Waals surface area contributed by atoms with Crippen LogP contribution in [0.15, 0.2) is 36.6 Å². The summed E-state index contributed by atoms with van der Waals surface area (Å²) in [5, 5.41) is 20.6. The van der Waals surface area contributed by atoms with Gasteiger partial charge in [-0.25, -0.2) is 9.97 Å². The molecule has 3 aliphatic rings. The molecule has 4 heterocycles. The van der Waals surface area contributed by atoms with Gasteiger partial charge in [-0.15, -0.1) is 0 Å². The van der Waals surface area contributed by atoms with E-state index in [1.165, 1.54) is 23.3 Å². The minimum absolute atomic E-state index is 0.118. The van der Waals surface area contributed by atoms with Gasteiger partial charge in [0, 0.05) is 56.5 Å². The molecule has 0 aromatic carbocycles. The van der Waals surface area contributed by atoms with E-state index in [0.717, 1.165) is 43.4 Å². The van der Waals surface area contributed by atoms with Gasteiger partial charge >= 0.3 is 0 Å². The van der Waals surface area contributed by atoms with Crippen molar-refractivity contribution >= 4 is 18.1 Å². The summed E-state index contributed by atoms with van der Waals surface area (Å²) in [6.07, 6.45) is 10.6. The summed E-state index contributed by atoms with van der Waals surface area (Å²) >= 11 is 0. The second-order valence-electron chi connectivity index (χ2n) is 8.74. The molecule has 2 aliphatic heterocycles. The fourth-order valence-corrected chi connectivity index (χ4v) is 4.68. The lowest BCUT2D eigenvalue weighted by Gasteiger charge is -2.40. The molecule has 1 amide bonds. The van der Waals surface area contributed by atoms with Crippen LogP contribution in [-0.4, -0.2) is 61.6 Å². The molecule has 2 aromatic heterocycles. The molecule has 2 aromatic rings. The van der Waals surface area contributed by atoms with Crippen LogP contribution in [0.2, 0.25) is 0 Å². The van der Waals surface area contributed by atoms with Crippen LogP contribution in [0.3, 0.4) is 0 Å². The third-order valence-corrected chi connectivity index (χ3v) is 6.56. The first kappa shape index (κ1) is 19.7. The van der Waals surface area contributed by atoms with E-state index in [2.05, 4.69) is 20.2 Å². The standard InChI is InChI=1S/C22H27N7O2/c23-7-18(13-30)29-12-17-10-26-21(25-9-15-1-2-15)27-19(17)22(20(29)31)4-6-28(14-22)11-16-3-5-24-8-16/h3,5,7-8,10,13,15,23-24,30H,1-2,4,6,9,11-12,14H2,(H,25,26,27)/b18-13+,23-7?. The maximum absolute atomic E-state index is 13.8. The Kier molecular flexibility index (Phi) is 4.97. The van der Waals surface area contributed by atoms with Crippen LogP contribution < -0.4 is 5.32 Å². The highest BCUT2D eigenvalue weighted by atomic mass is 16.2. The molecular weight excluding hydrogens is 394 g/mol. The van der Waals surface area contributed by atoms with Gasteiger partial charge in [0.1, 0.15) is 11.7 Å². The smallest absolute Gasteiger partial charge is 0.241 e. The molecule has 0 bridgehead atoms. The van der Waals surface area contributed by atoms with E-state index in [1.54, 1.807) is 6.20 Å². The monoisotopic (exact) mass is 421 g/mol. The first-order valence-corrected chi connectivity index (χ1v) is 10.7. The van der Waals surface area contributed by atoms with E-state index in [4.69, 9.17) is 10.4 Å². The molecule has 0 radical (unpaired) electrons. The number of aliphatic hydroxyl groups excluding tert-OH is 1. The van der Waals surface area contributed by atoms with Gasteiger partial charge in [0.15, 0.2) is 0 Å². The summed E-state index contributed by atoms with van der Waals surface area (Å²) in [5.41, 5.74) is 2.17. The van der Waals surface area contributed by atoms with Gasteiger partial charge in [-0.2, -0.15) is 0 Å². The normalized spacial score (nSPS) is 23.9. The van der Waals surface area contributed by atoms with Crippen LogP contribution in [-0.2, 0) is 23.3 Å². The van der Waals surface area contributed by atoms with Gasteiger partial charge in [-0.05, 0) is 36.8 Å². The molecule has 162 valence electrons. The number of carbonyl (C=O) groups excluding carboxylic acids is 1. The summed E-state index contributed by atoms with van der Waals surface area (Å²) in [6, 6.07) is 2.04. The maximum Gasteiger partial charge on any atom is 0.241 e. The molecule has 31 heavy (non-hydrogen) atoms. The Labute approximate surface area is 180 Å². The van der Waals surface area contributed by atoms with Gasteiger partial charge < -0.3 is 25.7 Å². The van der Waals surface area contributed by atoms with Crippen LogP contribution >= 0.6 is 0 Å². The molecule has 1 aliphatic carbocycles. The van der Waals surface area contributed by atoms with Gasteiger partial charge in [0.25, 0.3) is 0 Å². The molecule has 9 nitrogen and oxygen atoms in total. The zero-order chi connectivity index (χ0) is 21.4. The quantitative estimate of drug-likeness (QED) is 0.402. The van der Waals surface area contributed by atoms with Crippen molar-refractivity contribution in [3.8, 4) is 0 Å². The number of amides is 1. The predicted molar refractivity (Wildman–Crippen MR) is 116 cm³/mol. The molecule has 1 unspecified atom stereocenters. The zero-order valence-corrected chi connectivity index (χ0v) is 17.3. The Morgan fingerprint density at radius 2 is 2.32 bits per heavy atom. The number of nitrogens with one attached hydrogen (secondary N) is 3. The topological polar surface area (TPSA) is 121 Å². The average molecular weight is 422 g/mol. The molecule has 4 N–H and O–H groups in total. The number of likely N-dealkylation sites (tertiary alicyclic amines) is 1. The Bertz CT molecular complexity index is 1010. The Balaban J connectivity index is 1.50. The maximum atomic E-state index is 13.8. The van der Waals surface area contributed by atoms with Crippen molar-refractivity contribution in [2.24, 2.45) is 5.92 Å². The number of hydrogen-bond acceptors (Lipinski definition) is 7. The summed E-state index contributed by atoms with van der Waals surface area (Å²) in [5.74, 6) is 1.14. The third-order valence-electron chi connectivity index (χ3n) is 6.56. The van der Waals surface area contributed by atoms with E-state index in [9.17, 15) is 9.90 Å². The van der Waals surface area contributed by atoms with Crippen molar-refractivity contribution in [2.75, 3.05) is 25.0 Å². The molecule has 5 rings (SSSR count). The van der Waals surface area contributed by atoms with Gasteiger partial charge in [0.2, 0.25) is 11.9 Å². The highest BCUT2D eigenvalue weighted by Gasteiger charge is 2.53. The molecule has 9 heteroatoms. The average Bonchev–Trinajstić information content (AvgIpc) is 3.30. The van der Waals surface area contributed by atoms with Crippen molar-refractivity contribution in [2.45, 2.75) is 37.8 Å². The summed E-state index contributed by atoms with van der Waals surface area (Å²) in [7, 11) is 0. The second kappa shape index (κ2) is 7.81. The van der Waals surface area contributed by atoms with E-state index < -0.39 is 5.41 Å². The van der Waals surface area contributed by atoms with Crippen molar-refractivity contribution < 1.29 is 9.90 Å². The van der Waals surface area contributed by atoms with Gasteiger partial charge in [-0.1, -0.05) is 0 Å². The first-order chi connectivity index (χ1) is 15.1. The number of nitrogens with zero attached hydrogens (tertiary/aromatic N) is 4. The predicted octanol–water partition coefficient (Wildman–Crippen LogP) is 2.16. The minimum atomic E-state index is -0.819. The number of aromatic nitrogens is 3. The lowest BCUT2D eigenvalue weighted by atomic mass is 9.77. The van der Waals surface area contributed by atoms with E-state index >= 15 is 0 Å². The van der Waals surface area contributed by atoms with Crippen LogP contribution in [0.1, 0.15) is 36.1 Å². The van der Waals surface area contributed by atoms with Crippen molar-refractivity contribution in [1.82, 2.24) is 24.8 Å². The second-order valence-corrected chi connectivity index (χ2v) is 8.74. The Morgan fingerprint density at radius 3 is 3.03 bits per heavy atom. The molecule has 1 atom stereocenters. The number of hydrogen-bond donors (Lipinski definition) is 4. The van der Waals surface area contributed by atoms with Crippen LogP contribution in [0.25, 0.3) is 0 Å². The highest BCUT2D eigenvalue weighted by molar-refractivity contribution is 5.95. The molecular formula is C22H27N7O2. The van der Waals surface area contributed by atoms with E-state index in [-0.39, 0.29) is 18.1 Å². The molecule has 2 fully saturated rings. The Morgan fingerprint density at radius 1 is 1.45 bits per heavy atom. The largest absolute Gasteiger partial charge is 0.513 e. The van der Waals surface area contributed by atoms with Crippen LogP contribution in [0.4, 0.5) is 5.95 Å². The van der Waals surface area contributed by atoms with Crippen molar-refractivity contribution in [1.29, 1.82) is 5.41 Å². The number of carbonyl (C=O) groups is 1. The van der Waals surface area contributed by atoms with E-state index in [0.29, 0.717) is 24.8 Å². The molecule has 1 spiro atoms. The minimum Gasteiger partial charge on any atom is -0.513 e. The summed E-state index contributed by atoms with van der Waals surface area (Å²) in [4.78, 5) is 29.9. The van der Waals surface area contributed by atoms with Crippen molar-refractivity contribution in [3.05, 3.63) is 53.4 Å². The number of rotatable bonds is 7. The lowest BCUT2D eigenvalue weighted by molar-refractivity contribution is -0.136. The van der Waals surface area contributed by atoms with Gasteiger partial charge in [0.05, 0.1) is 17.9 Å². The summed E-state index contributed by atoms with van der Waals surface area (Å²) in [6.45, 7) is 3.16. The number of aromatic amines is 1. The van der Waals surface area contributed by atoms with Crippen LogP contribution in [0, 0.1) is 11.3 Å². The third kappa shape index (κ3) is 3.59.